The molecule has 4 nitrogen and oxygen atoms in total. The lowest BCUT2D eigenvalue weighted by Gasteiger charge is -2.19. The molecule has 1 aliphatic heterocycles. The standard InChI is InChI=1S/C27H19BrN2O2/c1-32-21-15-13-20(14-16-21)30-26(23-11-4-5-12-24(23)28)29-25(27(30)31)17-19-9-6-8-18-7-2-3-10-22(18)19/h2-17H,1H3/b25-17+. The number of carbonyl (C=O) groups excluding carboxylic acids is 1. The third-order valence-corrected chi connectivity index (χ3v) is 6.11. The van der Waals surface area contributed by atoms with Crippen molar-refractivity contribution >= 4 is 50.2 Å². The van der Waals surface area contributed by atoms with Gasteiger partial charge in [-0.2, -0.15) is 0 Å². The minimum absolute atomic E-state index is 0.172. The van der Waals surface area contributed by atoms with Gasteiger partial charge in [-0.25, -0.2) is 4.99 Å². The predicted molar refractivity (Wildman–Crippen MR) is 133 cm³/mol. The summed E-state index contributed by atoms with van der Waals surface area (Å²) in [5.74, 6) is 1.14. The van der Waals surface area contributed by atoms with Crippen molar-refractivity contribution in [1.82, 2.24) is 0 Å². The molecule has 0 N–H and O–H groups in total. The van der Waals surface area contributed by atoms with Gasteiger partial charge in [-0.3, -0.25) is 9.69 Å². The van der Waals surface area contributed by atoms with Crippen LogP contribution in [0.15, 0.2) is 106 Å². The monoisotopic (exact) mass is 482 g/mol. The molecule has 0 unspecified atom stereocenters. The number of anilines is 1. The summed E-state index contributed by atoms with van der Waals surface area (Å²) in [6, 6.07) is 29.4. The minimum Gasteiger partial charge on any atom is -0.497 e. The van der Waals surface area contributed by atoms with Crippen molar-refractivity contribution in [2.24, 2.45) is 4.99 Å². The largest absolute Gasteiger partial charge is 0.497 e. The highest BCUT2D eigenvalue weighted by Crippen LogP contribution is 2.32. The van der Waals surface area contributed by atoms with Crippen molar-refractivity contribution in [2.75, 3.05) is 12.0 Å². The molecule has 0 fully saturated rings. The van der Waals surface area contributed by atoms with Gasteiger partial charge in [-0.05, 0) is 52.7 Å². The number of carbonyl (C=O) groups is 1. The van der Waals surface area contributed by atoms with Gasteiger partial charge in [-0.1, -0.05) is 76.6 Å². The normalized spacial score (nSPS) is 14.8. The summed E-state index contributed by atoms with van der Waals surface area (Å²) in [4.78, 5) is 20.0. The van der Waals surface area contributed by atoms with Gasteiger partial charge in [0.25, 0.3) is 5.91 Å². The Morgan fingerprint density at radius 1 is 0.875 bits per heavy atom. The lowest BCUT2D eigenvalue weighted by Crippen LogP contribution is -2.32. The topological polar surface area (TPSA) is 41.9 Å². The average Bonchev–Trinajstić information content (AvgIpc) is 3.15. The highest BCUT2D eigenvalue weighted by molar-refractivity contribution is 9.10. The number of hydrogen-bond donors (Lipinski definition) is 0. The molecule has 1 heterocycles. The number of hydrogen-bond acceptors (Lipinski definition) is 3. The molecule has 0 atom stereocenters. The fraction of sp³-hybridized carbons (Fsp3) is 0.0370. The maximum absolute atomic E-state index is 13.6. The molecule has 0 saturated heterocycles. The molecule has 0 spiro atoms. The number of halogens is 1. The first kappa shape index (κ1) is 20.2. The van der Waals surface area contributed by atoms with Crippen molar-refractivity contribution in [3.8, 4) is 5.75 Å². The molecular formula is C27H19BrN2O2. The van der Waals surface area contributed by atoms with Crippen molar-refractivity contribution in [2.45, 2.75) is 0 Å². The number of amides is 1. The van der Waals surface area contributed by atoms with E-state index in [9.17, 15) is 4.79 Å². The molecule has 4 aromatic rings. The summed E-state index contributed by atoms with van der Waals surface area (Å²) in [6.45, 7) is 0. The molecule has 0 aliphatic carbocycles. The van der Waals surface area contributed by atoms with Crippen LogP contribution in [0.1, 0.15) is 11.1 Å². The molecule has 1 amide bonds. The minimum atomic E-state index is -0.172. The number of rotatable bonds is 4. The van der Waals surface area contributed by atoms with Gasteiger partial charge in [0, 0.05) is 10.0 Å². The van der Waals surface area contributed by atoms with E-state index in [0.29, 0.717) is 11.5 Å². The van der Waals surface area contributed by atoms with Crippen LogP contribution in [0.25, 0.3) is 16.8 Å². The van der Waals surface area contributed by atoms with E-state index in [2.05, 4.69) is 34.1 Å². The molecule has 1 aliphatic rings. The molecule has 0 bridgehead atoms. The number of methoxy groups -OCH3 is 1. The number of ether oxygens (including phenoxy) is 1. The Balaban J connectivity index is 1.66. The first-order valence-corrected chi connectivity index (χ1v) is 11.0. The zero-order chi connectivity index (χ0) is 22.1. The van der Waals surface area contributed by atoms with Crippen molar-refractivity contribution in [3.05, 3.63) is 112 Å². The molecule has 32 heavy (non-hydrogen) atoms. The highest BCUT2D eigenvalue weighted by Gasteiger charge is 2.33. The molecule has 0 radical (unpaired) electrons. The Morgan fingerprint density at radius 2 is 1.59 bits per heavy atom. The summed E-state index contributed by atoms with van der Waals surface area (Å²) in [6.07, 6.45) is 1.87. The van der Waals surface area contributed by atoms with Crippen LogP contribution >= 0.6 is 15.9 Å². The fourth-order valence-corrected chi connectivity index (χ4v) is 4.30. The molecule has 156 valence electrons. The number of benzene rings is 4. The lowest BCUT2D eigenvalue weighted by atomic mass is 10.0. The lowest BCUT2D eigenvalue weighted by molar-refractivity contribution is -0.113. The van der Waals surface area contributed by atoms with E-state index in [1.165, 1.54) is 0 Å². The van der Waals surface area contributed by atoms with Crippen LogP contribution in [0.5, 0.6) is 5.75 Å². The van der Waals surface area contributed by atoms with Crippen molar-refractivity contribution in [1.29, 1.82) is 0 Å². The van der Waals surface area contributed by atoms with E-state index in [-0.39, 0.29) is 5.91 Å². The zero-order valence-electron chi connectivity index (χ0n) is 17.3. The summed E-state index contributed by atoms with van der Waals surface area (Å²) in [5, 5.41) is 2.20. The van der Waals surface area contributed by atoms with Gasteiger partial charge in [0.1, 0.15) is 17.3 Å². The number of amidine groups is 1. The van der Waals surface area contributed by atoms with Crippen LogP contribution in [0.3, 0.4) is 0 Å². The number of fused-ring (bicyclic) bond motifs is 1. The molecule has 5 rings (SSSR count). The molecule has 0 aromatic heterocycles. The van der Waals surface area contributed by atoms with Crippen LogP contribution in [0, 0.1) is 0 Å². The Labute approximate surface area is 194 Å². The van der Waals surface area contributed by atoms with Crippen LogP contribution in [0.4, 0.5) is 5.69 Å². The molecule has 5 heteroatoms. The second kappa shape index (κ2) is 8.44. The third-order valence-electron chi connectivity index (χ3n) is 5.42. The smallest absolute Gasteiger partial charge is 0.282 e. The molecular weight excluding hydrogens is 464 g/mol. The SMILES string of the molecule is COc1ccc(N2C(=O)/C(=C\c3cccc4ccccc34)N=C2c2ccccc2Br)cc1. The second-order valence-electron chi connectivity index (χ2n) is 7.35. The average molecular weight is 483 g/mol. The van der Waals surface area contributed by atoms with E-state index in [0.717, 1.165) is 37.8 Å². The summed E-state index contributed by atoms with van der Waals surface area (Å²) in [7, 11) is 1.62. The van der Waals surface area contributed by atoms with Gasteiger partial charge in [0.05, 0.1) is 12.8 Å². The Bertz CT molecular complexity index is 1390. The summed E-state index contributed by atoms with van der Waals surface area (Å²) in [5.41, 5.74) is 2.92. The van der Waals surface area contributed by atoms with Crippen LogP contribution in [-0.4, -0.2) is 18.9 Å². The van der Waals surface area contributed by atoms with E-state index < -0.39 is 0 Å². The molecule has 4 aromatic carbocycles. The zero-order valence-corrected chi connectivity index (χ0v) is 18.9. The Hall–Kier alpha value is -3.70. The van der Waals surface area contributed by atoms with Gasteiger partial charge >= 0.3 is 0 Å². The fourth-order valence-electron chi connectivity index (χ4n) is 3.83. The van der Waals surface area contributed by atoms with Crippen LogP contribution < -0.4 is 9.64 Å². The maximum atomic E-state index is 13.6. The van der Waals surface area contributed by atoms with Gasteiger partial charge in [0.2, 0.25) is 0 Å². The highest BCUT2D eigenvalue weighted by atomic mass is 79.9. The maximum Gasteiger partial charge on any atom is 0.282 e. The van der Waals surface area contributed by atoms with Gasteiger partial charge < -0.3 is 4.74 Å². The summed E-state index contributed by atoms with van der Waals surface area (Å²) >= 11 is 3.61. The van der Waals surface area contributed by atoms with E-state index in [4.69, 9.17) is 9.73 Å². The Kier molecular flexibility index (Phi) is 5.33. The Morgan fingerprint density at radius 3 is 2.38 bits per heavy atom. The van der Waals surface area contributed by atoms with E-state index in [1.807, 2.05) is 78.9 Å². The summed E-state index contributed by atoms with van der Waals surface area (Å²) < 4.78 is 6.15. The van der Waals surface area contributed by atoms with Crippen molar-refractivity contribution in [3.63, 3.8) is 0 Å². The van der Waals surface area contributed by atoms with Crippen LogP contribution in [-0.2, 0) is 4.79 Å². The second-order valence-corrected chi connectivity index (χ2v) is 8.21. The van der Waals surface area contributed by atoms with Crippen LogP contribution in [0.2, 0.25) is 0 Å². The predicted octanol–water partition coefficient (Wildman–Crippen LogP) is 6.45. The number of nitrogens with zero attached hydrogens (tertiary/aromatic N) is 2. The molecule has 0 saturated carbocycles. The van der Waals surface area contributed by atoms with Crippen molar-refractivity contribution < 1.29 is 9.53 Å². The third kappa shape index (κ3) is 3.61. The quantitative estimate of drug-likeness (QED) is 0.313. The van der Waals surface area contributed by atoms with Gasteiger partial charge in [-0.15, -0.1) is 0 Å². The van der Waals surface area contributed by atoms with E-state index >= 15 is 0 Å². The van der Waals surface area contributed by atoms with E-state index in [1.54, 1.807) is 12.0 Å². The first-order valence-electron chi connectivity index (χ1n) is 10.2. The van der Waals surface area contributed by atoms with Gasteiger partial charge in [0.15, 0.2) is 0 Å². The first-order chi connectivity index (χ1) is 15.7. The number of aliphatic imine (C=N–C) groups is 1.